The van der Waals surface area contributed by atoms with Crippen LogP contribution in [-0.4, -0.2) is 50.3 Å². The third-order valence-corrected chi connectivity index (χ3v) is 3.33. The number of ether oxygens (including phenoxy) is 1. The Bertz CT molecular complexity index is 156. The fourth-order valence-corrected chi connectivity index (χ4v) is 2.32. The molecular weight excluding hydrogens is 200 g/mol. The molecule has 96 valence electrons. The molecule has 1 unspecified atom stereocenters. The van der Waals surface area contributed by atoms with Gasteiger partial charge in [0.05, 0.1) is 6.61 Å². The molecule has 3 nitrogen and oxygen atoms in total. The molecule has 1 fully saturated rings. The van der Waals surface area contributed by atoms with E-state index < -0.39 is 0 Å². The minimum absolute atomic E-state index is 0.716. The summed E-state index contributed by atoms with van der Waals surface area (Å²) in [5.74, 6) is 0. The number of nitrogens with zero attached hydrogens (tertiary/aromatic N) is 1. The van der Waals surface area contributed by atoms with Gasteiger partial charge < -0.3 is 15.0 Å². The van der Waals surface area contributed by atoms with E-state index in [1.165, 1.54) is 38.8 Å². The van der Waals surface area contributed by atoms with Crippen LogP contribution in [0.2, 0.25) is 0 Å². The fraction of sp³-hybridized carbons (Fsp3) is 1.00. The summed E-state index contributed by atoms with van der Waals surface area (Å²) in [5.41, 5.74) is 0. The SMILES string of the molecule is CCNC(CC)CCCN1CCCOCC1. The zero-order valence-corrected chi connectivity index (χ0v) is 11.0. The number of hydrogen-bond donors (Lipinski definition) is 1. The molecule has 0 aliphatic carbocycles. The van der Waals surface area contributed by atoms with E-state index in [-0.39, 0.29) is 0 Å². The molecule has 1 saturated heterocycles. The molecule has 3 heteroatoms. The van der Waals surface area contributed by atoms with E-state index in [1.807, 2.05) is 0 Å². The van der Waals surface area contributed by atoms with Crippen molar-refractivity contribution < 1.29 is 4.74 Å². The maximum Gasteiger partial charge on any atom is 0.0593 e. The minimum atomic E-state index is 0.716. The summed E-state index contributed by atoms with van der Waals surface area (Å²) in [6.07, 6.45) is 5.06. The first kappa shape index (κ1) is 13.9. The van der Waals surface area contributed by atoms with E-state index in [9.17, 15) is 0 Å². The third-order valence-electron chi connectivity index (χ3n) is 3.33. The molecule has 1 heterocycles. The van der Waals surface area contributed by atoms with Gasteiger partial charge in [-0.05, 0) is 38.8 Å². The van der Waals surface area contributed by atoms with Gasteiger partial charge in [-0.15, -0.1) is 0 Å². The van der Waals surface area contributed by atoms with Gasteiger partial charge in [0.2, 0.25) is 0 Å². The molecule has 0 radical (unpaired) electrons. The lowest BCUT2D eigenvalue weighted by Gasteiger charge is -2.21. The van der Waals surface area contributed by atoms with Crippen molar-refractivity contribution in [2.75, 3.05) is 39.4 Å². The molecule has 0 spiro atoms. The van der Waals surface area contributed by atoms with Gasteiger partial charge in [-0.3, -0.25) is 0 Å². The summed E-state index contributed by atoms with van der Waals surface area (Å²) in [7, 11) is 0. The molecule has 0 bridgehead atoms. The van der Waals surface area contributed by atoms with Crippen LogP contribution in [0.4, 0.5) is 0 Å². The van der Waals surface area contributed by atoms with E-state index in [4.69, 9.17) is 4.74 Å². The second-order valence-electron chi connectivity index (χ2n) is 4.61. The normalized spacial score (nSPS) is 20.6. The molecule has 0 aromatic heterocycles. The Labute approximate surface area is 101 Å². The van der Waals surface area contributed by atoms with Gasteiger partial charge in [-0.25, -0.2) is 0 Å². The van der Waals surface area contributed by atoms with Crippen LogP contribution < -0.4 is 5.32 Å². The van der Waals surface area contributed by atoms with E-state index in [2.05, 4.69) is 24.1 Å². The van der Waals surface area contributed by atoms with Gasteiger partial charge in [-0.2, -0.15) is 0 Å². The Morgan fingerprint density at radius 1 is 1.25 bits per heavy atom. The highest BCUT2D eigenvalue weighted by molar-refractivity contribution is 4.67. The lowest BCUT2D eigenvalue weighted by atomic mass is 10.1. The molecule has 16 heavy (non-hydrogen) atoms. The van der Waals surface area contributed by atoms with Crippen molar-refractivity contribution in [3.05, 3.63) is 0 Å². The van der Waals surface area contributed by atoms with Crippen molar-refractivity contribution in [2.24, 2.45) is 0 Å². The highest BCUT2D eigenvalue weighted by Crippen LogP contribution is 2.05. The average Bonchev–Trinajstić information content (AvgIpc) is 2.56. The van der Waals surface area contributed by atoms with Gasteiger partial charge in [0, 0.05) is 25.7 Å². The fourth-order valence-electron chi connectivity index (χ4n) is 2.32. The smallest absolute Gasteiger partial charge is 0.0593 e. The van der Waals surface area contributed by atoms with Crippen molar-refractivity contribution >= 4 is 0 Å². The monoisotopic (exact) mass is 228 g/mol. The van der Waals surface area contributed by atoms with Crippen LogP contribution >= 0.6 is 0 Å². The van der Waals surface area contributed by atoms with Gasteiger partial charge in [0.15, 0.2) is 0 Å². The summed E-state index contributed by atoms with van der Waals surface area (Å²) < 4.78 is 5.46. The summed E-state index contributed by atoms with van der Waals surface area (Å²) >= 11 is 0. The first-order chi connectivity index (χ1) is 7.86. The van der Waals surface area contributed by atoms with Crippen molar-refractivity contribution in [1.29, 1.82) is 0 Å². The molecule has 1 atom stereocenters. The Hall–Kier alpha value is -0.120. The largest absolute Gasteiger partial charge is 0.380 e. The predicted molar refractivity (Wildman–Crippen MR) is 68.9 cm³/mol. The van der Waals surface area contributed by atoms with Crippen LogP contribution in [0.15, 0.2) is 0 Å². The molecular formula is C13H28N2O. The molecule has 1 N–H and O–H groups in total. The summed E-state index contributed by atoms with van der Waals surface area (Å²) in [6.45, 7) is 11.0. The zero-order chi connectivity index (χ0) is 11.6. The molecule has 1 aliphatic heterocycles. The first-order valence-electron chi connectivity index (χ1n) is 6.90. The lowest BCUT2D eigenvalue weighted by molar-refractivity contribution is 0.141. The third kappa shape index (κ3) is 5.83. The Morgan fingerprint density at radius 3 is 2.88 bits per heavy atom. The number of rotatable bonds is 7. The summed E-state index contributed by atoms with van der Waals surface area (Å²) in [5, 5.41) is 3.54. The minimum Gasteiger partial charge on any atom is -0.380 e. The molecule has 0 aromatic rings. The maximum atomic E-state index is 5.46. The van der Waals surface area contributed by atoms with E-state index in [0.29, 0.717) is 6.04 Å². The van der Waals surface area contributed by atoms with Gasteiger partial charge in [-0.1, -0.05) is 13.8 Å². The predicted octanol–water partition coefficient (Wildman–Crippen LogP) is 1.88. The van der Waals surface area contributed by atoms with E-state index in [0.717, 1.165) is 26.3 Å². The number of hydrogen-bond acceptors (Lipinski definition) is 3. The van der Waals surface area contributed by atoms with E-state index >= 15 is 0 Å². The van der Waals surface area contributed by atoms with Gasteiger partial charge in [0.25, 0.3) is 0 Å². The Kier molecular flexibility index (Phi) is 7.81. The topological polar surface area (TPSA) is 24.5 Å². The van der Waals surface area contributed by atoms with Gasteiger partial charge in [0.1, 0.15) is 0 Å². The Morgan fingerprint density at radius 2 is 2.12 bits per heavy atom. The molecule has 0 amide bonds. The molecule has 0 aromatic carbocycles. The van der Waals surface area contributed by atoms with Crippen LogP contribution in [0.1, 0.15) is 39.5 Å². The average molecular weight is 228 g/mol. The second-order valence-corrected chi connectivity index (χ2v) is 4.61. The zero-order valence-electron chi connectivity index (χ0n) is 11.0. The molecule has 1 aliphatic rings. The summed E-state index contributed by atoms with van der Waals surface area (Å²) in [6, 6.07) is 0.716. The van der Waals surface area contributed by atoms with Crippen molar-refractivity contribution in [2.45, 2.75) is 45.6 Å². The standard InChI is InChI=1S/C13H28N2O/c1-3-13(14-4-2)7-5-8-15-9-6-11-16-12-10-15/h13-14H,3-12H2,1-2H3. The summed E-state index contributed by atoms with van der Waals surface area (Å²) in [4.78, 5) is 2.55. The quantitative estimate of drug-likeness (QED) is 0.720. The first-order valence-corrected chi connectivity index (χ1v) is 6.90. The second kappa shape index (κ2) is 8.97. The van der Waals surface area contributed by atoms with E-state index in [1.54, 1.807) is 0 Å². The van der Waals surface area contributed by atoms with Crippen molar-refractivity contribution in [3.8, 4) is 0 Å². The molecule has 1 rings (SSSR count). The van der Waals surface area contributed by atoms with Crippen LogP contribution in [0.3, 0.4) is 0 Å². The lowest BCUT2D eigenvalue weighted by Crippen LogP contribution is -2.31. The van der Waals surface area contributed by atoms with Crippen molar-refractivity contribution in [1.82, 2.24) is 10.2 Å². The van der Waals surface area contributed by atoms with Crippen LogP contribution in [0, 0.1) is 0 Å². The molecule has 0 saturated carbocycles. The van der Waals surface area contributed by atoms with Crippen LogP contribution in [0.25, 0.3) is 0 Å². The maximum absolute atomic E-state index is 5.46. The number of nitrogens with one attached hydrogen (secondary N) is 1. The van der Waals surface area contributed by atoms with Crippen LogP contribution in [0.5, 0.6) is 0 Å². The Balaban J connectivity index is 2.08. The highest BCUT2D eigenvalue weighted by atomic mass is 16.5. The van der Waals surface area contributed by atoms with Crippen molar-refractivity contribution in [3.63, 3.8) is 0 Å². The highest BCUT2D eigenvalue weighted by Gasteiger charge is 2.10. The van der Waals surface area contributed by atoms with Gasteiger partial charge >= 0.3 is 0 Å². The van der Waals surface area contributed by atoms with Crippen LogP contribution in [-0.2, 0) is 4.74 Å².